The van der Waals surface area contributed by atoms with Crippen molar-refractivity contribution in [2.75, 3.05) is 13.6 Å². The van der Waals surface area contributed by atoms with Crippen LogP contribution in [0.1, 0.15) is 18.7 Å². The summed E-state index contributed by atoms with van der Waals surface area (Å²) in [7, 11) is -1.77. The second kappa shape index (κ2) is 5.49. The molecule has 0 saturated heterocycles. The molecule has 92 valence electrons. The van der Waals surface area contributed by atoms with Gasteiger partial charge in [0, 0.05) is 18.5 Å². The van der Waals surface area contributed by atoms with Gasteiger partial charge in [0.15, 0.2) is 0 Å². The summed E-state index contributed by atoms with van der Waals surface area (Å²) in [5.41, 5.74) is 0. The molecule has 6 heteroatoms. The Kier molecular flexibility index (Phi) is 4.79. The van der Waals surface area contributed by atoms with E-state index in [2.05, 4.69) is 0 Å². The predicted octanol–water partition coefficient (Wildman–Crippen LogP) is 2.76. The van der Waals surface area contributed by atoms with Crippen LogP contribution in [0.5, 0.6) is 0 Å². The summed E-state index contributed by atoms with van der Waals surface area (Å²) < 4.78 is 25.7. The number of thiophene rings is 1. The lowest BCUT2D eigenvalue weighted by atomic mass is 10.2. The minimum Gasteiger partial charge on any atom is -0.207 e. The van der Waals surface area contributed by atoms with Crippen molar-refractivity contribution < 1.29 is 8.42 Å². The zero-order chi connectivity index (χ0) is 12.3. The van der Waals surface area contributed by atoms with Gasteiger partial charge < -0.3 is 0 Å². The van der Waals surface area contributed by atoms with Crippen molar-refractivity contribution in [2.24, 2.45) is 5.92 Å². The van der Waals surface area contributed by atoms with Gasteiger partial charge in [0.05, 0.1) is 10.8 Å². The van der Waals surface area contributed by atoms with Gasteiger partial charge in [0.2, 0.25) is 10.0 Å². The summed E-state index contributed by atoms with van der Waals surface area (Å²) in [5, 5.41) is 1.76. The van der Waals surface area contributed by atoms with E-state index in [1.54, 1.807) is 18.5 Å². The predicted molar refractivity (Wildman–Crippen MR) is 68.5 cm³/mol. The first-order valence-electron chi connectivity index (χ1n) is 4.98. The van der Waals surface area contributed by atoms with E-state index in [4.69, 9.17) is 11.6 Å². The molecule has 0 spiro atoms. The third-order valence-corrected chi connectivity index (χ3v) is 5.52. The molecular formula is C10H16ClNO2S2. The topological polar surface area (TPSA) is 37.4 Å². The quantitative estimate of drug-likeness (QED) is 0.778. The molecule has 0 radical (unpaired) electrons. The highest BCUT2D eigenvalue weighted by Crippen LogP contribution is 2.26. The third kappa shape index (κ3) is 2.97. The van der Waals surface area contributed by atoms with Crippen molar-refractivity contribution in [3.8, 4) is 0 Å². The summed E-state index contributed by atoms with van der Waals surface area (Å²) in [6.45, 7) is 4.49. The molecular weight excluding hydrogens is 266 g/mol. The lowest BCUT2D eigenvalue weighted by Crippen LogP contribution is -2.30. The normalized spacial score (nSPS) is 12.6. The molecule has 0 N–H and O–H groups in total. The Morgan fingerprint density at radius 3 is 2.62 bits per heavy atom. The average Bonchev–Trinajstić information content (AvgIpc) is 2.64. The van der Waals surface area contributed by atoms with Gasteiger partial charge in [-0.2, -0.15) is 0 Å². The van der Waals surface area contributed by atoms with E-state index >= 15 is 0 Å². The second-order valence-corrected chi connectivity index (χ2v) is 7.30. The fraction of sp³-hybridized carbons (Fsp3) is 0.600. The van der Waals surface area contributed by atoms with Crippen LogP contribution in [0.25, 0.3) is 0 Å². The van der Waals surface area contributed by atoms with Crippen molar-refractivity contribution >= 4 is 33.0 Å². The Morgan fingerprint density at radius 2 is 2.12 bits per heavy atom. The van der Waals surface area contributed by atoms with E-state index < -0.39 is 10.0 Å². The highest BCUT2D eigenvalue weighted by Gasteiger charge is 2.24. The Bertz CT molecular complexity index is 439. The molecule has 0 bridgehead atoms. The SMILES string of the molecule is CC(C)CN(C)S(=O)(=O)c1ccsc1CCl. The maximum Gasteiger partial charge on any atom is 0.243 e. The molecule has 1 aromatic heterocycles. The van der Waals surface area contributed by atoms with Gasteiger partial charge >= 0.3 is 0 Å². The Labute approximate surface area is 106 Å². The van der Waals surface area contributed by atoms with Crippen LogP contribution in [0.2, 0.25) is 0 Å². The maximum absolute atomic E-state index is 12.2. The zero-order valence-corrected chi connectivity index (χ0v) is 12.0. The number of halogens is 1. The van der Waals surface area contributed by atoms with Crippen molar-refractivity contribution in [1.29, 1.82) is 0 Å². The second-order valence-electron chi connectivity index (χ2n) is 4.02. The molecule has 3 nitrogen and oxygen atoms in total. The van der Waals surface area contributed by atoms with Gasteiger partial charge in [0.1, 0.15) is 0 Å². The molecule has 0 aromatic carbocycles. The number of nitrogens with zero attached hydrogens (tertiary/aromatic N) is 1. The molecule has 1 aromatic rings. The number of hydrogen-bond acceptors (Lipinski definition) is 3. The van der Waals surface area contributed by atoms with Crippen LogP contribution in [-0.2, 0) is 15.9 Å². The summed E-state index contributed by atoms with van der Waals surface area (Å²) >= 11 is 7.09. The number of hydrogen-bond donors (Lipinski definition) is 0. The minimum absolute atomic E-state index is 0.238. The van der Waals surface area contributed by atoms with Crippen LogP contribution in [0, 0.1) is 5.92 Å². The van der Waals surface area contributed by atoms with Crippen molar-refractivity contribution in [2.45, 2.75) is 24.6 Å². The van der Waals surface area contributed by atoms with Gasteiger partial charge in [-0.15, -0.1) is 22.9 Å². The number of sulfonamides is 1. The highest BCUT2D eigenvalue weighted by atomic mass is 35.5. The molecule has 16 heavy (non-hydrogen) atoms. The summed E-state index contributed by atoms with van der Waals surface area (Å²) in [5.74, 6) is 0.541. The number of rotatable bonds is 5. The van der Waals surface area contributed by atoms with Crippen molar-refractivity contribution in [3.63, 3.8) is 0 Å². The summed E-state index contributed by atoms with van der Waals surface area (Å²) in [4.78, 5) is 1.05. The molecule has 0 aliphatic rings. The van der Waals surface area contributed by atoms with E-state index in [1.807, 2.05) is 13.8 Å². The van der Waals surface area contributed by atoms with Crippen LogP contribution < -0.4 is 0 Å². The van der Waals surface area contributed by atoms with E-state index in [0.29, 0.717) is 22.2 Å². The van der Waals surface area contributed by atoms with Crippen LogP contribution in [0.4, 0.5) is 0 Å². The van der Waals surface area contributed by atoms with Gasteiger partial charge in [-0.25, -0.2) is 12.7 Å². The molecule has 1 rings (SSSR count). The first-order valence-corrected chi connectivity index (χ1v) is 7.83. The molecule has 0 unspecified atom stereocenters. The summed E-state index contributed by atoms with van der Waals surface area (Å²) in [6, 6.07) is 1.62. The number of alkyl halides is 1. The van der Waals surface area contributed by atoms with Gasteiger partial charge in [-0.1, -0.05) is 13.8 Å². The maximum atomic E-state index is 12.2. The fourth-order valence-corrected chi connectivity index (χ4v) is 4.44. The van der Waals surface area contributed by atoms with E-state index in [9.17, 15) is 8.42 Å². The lowest BCUT2D eigenvalue weighted by Gasteiger charge is -2.19. The van der Waals surface area contributed by atoms with Gasteiger partial charge in [-0.3, -0.25) is 0 Å². The Morgan fingerprint density at radius 1 is 1.50 bits per heavy atom. The van der Waals surface area contributed by atoms with Crippen LogP contribution in [0.15, 0.2) is 16.3 Å². The van der Waals surface area contributed by atoms with Crippen molar-refractivity contribution in [1.82, 2.24) is 4.31 Å². The average molecular weight is 282 g/mol. The monoisotopic (exact) mass is 281 g/mol. The standard InChI is InChI=1S/C10H16ClNO2S2/c1-8(2)7-12(3)16(13,14)10-4-5-15-9(10)6-11/h4-5,8H,6-7H2,1-3H3. The molecule has 0 amide bonds. The fourth-order valence-electron chi connectivity index (χ4n) is 1.44. The molecule has 0 aliphatic carbocycles. The smallest absolute Gasteiger partial charge is 0.207 e. The molecule has 0 atom stereocenters. The van der Waals surface area contributed by atoms with Crippen molar-refractivity contribution in [3.05, 3.63) is 16.3 Å². The van der Waals surface area contributed by atoms with Gasteiger partial charge in [-0.05, 0) is 17.4 Å². The molecule has 0 fully saturated rings. The Balaban J connectivity index is 3.02. The molecule has 0 aliphatic heterocycles. The van der Waals surface area contributed by atoms with E-state index in [1.165, 1.54) is 15.6 Å². The molecule has 0 saturated carbocycles. The van der Waals surface area contributed by atoms with Crippen LogP contribution in [-0.4, -0.2) is 26.3 Å². The van der Waals surface area contributed by atoms with Crippen LogP contribution in [0.3, 0.4) is 0 Å². The Hall–Kier alpha value is -0.100. The van der Waals surface area contributed by atoms with Crippen LogP contribution >= 0.6 is 22.9 Å². The van der Waals surface area contributed by atoms with E-state index in [0.717, 1.165) is 0 Å². The highest BCUT2D eigenvalue weighted by molar-refractivity contribution is 7.89. The zero-order valence-electron chi connectivity index (χ0n) is 9.60. The summed E-state index contributed by atoms with van der Waals surface area (Å²) in [6.07, 6.45) is 0. The minimum atomic E-state index is -3.37. The third-order valence-electron chi connectivity index (χ3n) is 2.14. The lowest BCUT2D eigenvalue weighted by molar-refractivity contribution is 0.417. The first kappa shape index (κ1) is 14.0. The molecule has 1 heterocycles. The van der Waals surface area contributed by atoms with Gasteiger partial charge in [0.25, 0.3) is 0 Å². The largest absolute Gasteiger partial charge is 0.243 e. The first-order chi connectivity index (χ1) is 7.39. The van der Waals surface area contributed by atoms with E-state index in [-0.39, 0.29) is 5.88 Å².